The number of hydrogen-bond acceptors (Lipinski definition) is 5. The normalized spacial score (nSPS) is 21.2. The van der Waals surface area contributed by atoms with Crippen molar-refractivity contribution in [3.05, 3.63) is 35.8 Å². The fourth-order valence-corrected chi connectivity index (χ4v) is 4.74. The molecule has 3 rings (SSSR count). The number of aromatic nitrogens is 1. The van der Waals surface area contributed by atoms with Gasteiger partial charge in [-0.3, -0.25) is 0 Å². The van der Waals surface area contributed by atoms with Crippen molar-refractivity contribution in [2.45, 2.75) is 38.6 Å². The van der Waals surface area contributed by atoms with Crippen LogP contribution in [0.25, 0.3) is 10.6 Å². The molecule has 1 aliphatic carbocycles. The minimum absolute atomic E-state index is 0.110. The first-order valence-electron chi connectivity index (χ1n) is 8.79. The lowest BCUT2D eigenvalue weighted by molar-refractivity contribution is 0.324. The van der Waals surface area contributed by atoms with Crippen LogP contribution in [0.15, 0.2) is 35.8 Å². The third kappa shape index (κ3) is 5.26. The summed E-state index contributed by atoms with van der Waals surface area (Å²) in [6, 6.07) is 8.49. The van der Waals surface area contributed by atoms with Crippen LogP contribution in [0.3, 0.4) is 0 Å². The van der Waals surface area contributed by atoms with E-state index in [1.165, 1.54) is 0 Å². The van der Waals surface area contributed by atoms with Gasteiger partial charge in [0.15, 0.2) is 0 Å². The van der Waals surface area contributed by atoms with E-state index in [2.05, 4.69) is 39.3 Å². The molecule has 5 nitrogen and oxygen atoms in total. The molecule has 7 heteroatoms. The molecule has 0 saturated heterocycles. The SMILES string of the molecule is CCS(=O)(=O)NC1CCC(CNc2ccc(-c3nccs3)cc2)CC1. The van der Waals surface area contributed by atoms with E-state index in [9.17, 15) is 8.42 Å². The minimum Gasteiger partial charge on any atom is -0.385 e. The molecule has 0 aliphatic heterocycles. The lowest BCUT2D eigenvalue weighted by Gasteiger charge is -2.29. The molecule has 1 saturated carbocycles. The van der Waals surface area contributed by atoms with Gasteiger partial charge in [0.1, 0.15) is 5.01 Å². The maximum absolute atomic E-state index is 11.6. The van der Waals surface area contributed by atoms with Crippen LogP contribution in [0, 0.1) is 5.92 Å². The second-order valence-corrected chi connectivity index (χ2v) is 9.47. The number of benzene rings is 1. The molecule has 1 heterocycles. The predicted molar refractivity (Wildman–Crippen MR) is 104 cm³/mol. The van der Waals surface area contributed by atoms with Crippen LogP contribution in [0.4, 0.5) is 5.69 Å². The number of nitrogens with one attached hydrogen (secondary N) is 2. The van der Waals surface area contributed by atoms with Crippen LogP contribution in [-0.2, 0) is 10.0 Å². The minimum atomic E-state index is -3.08. The van der Waals surface area contributed by atoms with Crippen LogP contribution in [0.5, 0.6) is 0 Å². The van der Waals surface area contributed by atoms with Crippen molar-refractivity contribution in [3.8, 4) is 10.6 Å². The Balaban J connectivity index is 1.44. The van der Waals surface area contributed by atoms with Gasteiger partial charge in [-0.05, 0) is 62.8 Å². The molecule has 136 valence electrons. The van der Waals surface area contributed by atoms with Crippen molar-refractivity contribution in [2.75, 3.05) is 17.6 Å². The summed E-state index contributed by atoms with van der Waals surface area (Å²) in [5.41, 5.74) is 2.26. The molecule has 0 unspecified atom stereocenters. The Morgan fingerprint density at radius 3 is 2.48 bits per heavy atom. The zero-order valence-corrected chi connectivity index (χ0v) is 16.1. The molecule has 0 bridgehead atoms. The molecule has 0 radical (unpaired) electrons. The molecular weight excluding hydrogens is 354 g/mol. The maximum Gasteiger partial charge on any atom is 0.211 e. The summed E-state index contributed by atoms with van der Waals surface area (Å²) in [6.07, 6.45) is 5.79. The van der Waals surface area contributed by atoms with Crippen molar-refractivity contribution in [3.63, 3.8) is 0 Å². The van der Waals surface area contributed by atoms with E-state index in [0.29, 0.717) is 5.92 Å². The summed E-state index contributed by atoms with van der Waals surface area (Å²) in [5, 5.41) is 6.53. The average molecular weight is 380 g/mol. The molecular formula is C18H25N3O2S2. The van der Waals surface area contributed by atoms with Gasteiger partial charge in [-0.15, -0.1) is 11.3 Å². The van der Waals surface area contributed by atoms with Gasteiger partial charge in [0.25, 0.3) is 0 Å². The Labute approximate surface area is 153 Å². The lowest BCUT2D eigenvalue weighted by Crippen LogP contribution is -2.39. The van der Waals surface area contributed by atoms with Crippen molar-refractivity contribution in [2.24, 2.45) is 5.92 Å². The van der Waals surface area contributed by atoms with Gasteiger partial charge in [0.2, 0.25) is 10.0 Å². The summed E-state index contributed by atoms with van der Waals surface area (Å²) in [5.74, 6) is 0.756. The van der Waals surface area contributed by atoms with Crippen molar-refractivity contribution >= 4 is 27.0 Å². The summed E-state index contributed by atoms with van der Waals surface area (Å²) in [6.45, 7) is 2.61. The maximum atomic E-state index is 11.6. The number of hydrogen-bond donors (Lipinski definition) is 2. The van der Waals surface area contributed by atoms with E-state index < -0.39 is 10.0 Å². The molecule has 1 aliphatic rings. The van der Waals surface area contributed by atoms with E-state index in [1.54, 1.807) is 18.3 Å². The van der Waals surface area contributed by atoms with Crippen molar-refractivity contribution < 1.29 is 8.42 Å². The highest BCUT2D eigenvalue weighted by molar-refractivity contribution is 7.89. The van der Waals surface area contributed by atoms with Gasteiger partial charge in [-0.1, -0.05) is 0 Å². The summed E-state index contributed by atoms with van der Waals surface area (Å²) in [4.78, 5) is 4.32. The van der Waals surface area contributed by atoms with Crippen LogP contribution < -0.4 is 10.0 Å². The molecule has 1 aromatic heterocycles. The van der Waals surface area contributed by atoms with Crippen LogP contribution in [0.1, 0.15) is 32.6 Å². The van der Waals surface area contributed by atoms with Crippen molar-refractivity contribution in [1.29, 1.82) is 0 Å². The van der Waals surface area contributed by atoms with Crippen LogP contribution in [0.2, 0.25) is 0 Å². The zero-order chi connectivity index (χ0) is 17.7. The number of thiazole rings is 1. The van der Waals surface area contributed by atoms with Gasteiger partial charge < -0.3 is 5.32 Å². The molecule has 1 fully saturated rings. The van der Waals surface area contributed by atoms with E-state index in [0.717, 1.165) is 48.5 Å². The van der Waals surface area contributed by atoms with Gasteiger partial charge in [-0.25, -0.2) is 18.1 Å². The monoisotopic (exact) mass is 379 g/mol. The molecule has 25 heavy (non-hydrogen) atoms. The van der Waals surface area contributed by atoms with E-state index in [-0.39, 0.29) is 11.8 Å². The Morgan fingerprint density at radius 1 is 1.16 bits per heavy atom. The summed E-state index contributed by atoms with van der Waals surface area (Å²) >= 11 is 1.64. The highest BCUT2D eigenvalue weighted by Gasteiger charge is 2.23. The highest BCUT2D eigenvalue weighted by Crippen LogP contribution is 2.26. The van der Waals surface area contributed by atoms with Crippen molar-refractivity contribution in [1.82, 2.24) is 9.71 Å². The standard InChI is InChI=1S/C18H25N3O2S2/c1-2-25(22,23)21-17-7-3-14(4-8-17)13-20-16-9-5-15(6-10-16)18-19-11-12-24-18/h5-6,9-12,14,17,20-21H,2-4,7-8,13H2,1H3. The largest absolute Gasteiger partial charge is 0.385 e. The topological polar surface area (TPSA) is 71.1 Å². The third-order valence-electron chi connectivity index (χ3n) is 4.73. The fourth-order valence-electron chi connectivity index (χ4n) is 3.18. The Bertz CT molecular complexity index is 750. The van der Waals surface area contributed by atoms with Gasteiger partial charge >= 0.3 is 0 Å². The molecule has 2 N–H and O–H groups in total. The zero-order valence-electron chi connectivity index (χ0n) is 14.4. The Morgan fingerprint density at radius 2 is 1.88 bits per heavy atom. The molecule has 0 amide bonds. The molecule has 0 atom stereocenters. The van der Waals surface area contributed by atoms with E-state index in [4.69, 9.17) is 0 Å². The number of sulfonamides is 1. The van der Waals surface area contributed by atoms with Gasteiger partial charge in [0, 0.05) is 35.4 Å². The lowest BCUT2D eigenvalue weighted by atomic mass is 9.86. The second kappa shape index (κ2) is 8.29. The fraction of sp³-hybridized carbons (Fsp3) is 0.500. The van der Waals surface area contributed by atoms with E-state index >= 15 is 0 Å². The number of nitrogens with zero attached hydrogens (tertiary/aromatic N) is 1. The Kier molecular flexibility index (Phi) is 6.09. The van der Waals surface area contributed by atoms with Gasteiger partial charge in [-0.2, -0.15) is 0 Å². The third-order valence-corrected chi connectivity index (χ3v) is 7.01. The predicted octanol–water partition coefficient (Wildman–Crippen LogP) is 3.72. The second-order valence-electron chi connectivity index (χ2n) is 6.53. The number of anilines is 1. The molecule has 2 aromatic rings. The number of rotatable bonds is 7. The molecule has 0 spiro atoms. The highest BCUT2D eigenvalue weighted by atomic mass is 32.2. The first-order chi connectivity index (χ1) is 12.1. The van der Waals surface area contributed by atoms with E-state index in [1.807, 2.05) is 11.6 Å². The Hall–Kier alpha value is -1.44. The van der Waals surface area contributed by atoms with Gasteiger partial charge in [0.05, 0.1) is 5.75 Å². The average Bonchev–Trinajstić information content (AvgIpc) is 3.16. The first-order valence-corrected chi connectivity index (χ1v) is 11.3. The quantitative estimate of drug-likeness (QED) is 0.769. The first kappa shape index (κ1) is 18.4. The van der Waals surface area contributed by atoms with Crippen LogP contribution in [-0.4, -0.2) is 31.7 Å². The molecule has 1 aromatic carbocycles. The summed E-state index contributed by atoms with van der Waals surface area (Å²) in [7, 11) is -3.08. The summed E-state index contributed by atoms with van der Waals surface area (Å²) < 4.78 is 26.1. The van der Waals surface area contributed by atoms with Crippen LogP contribution >= 0.6 is 11.3 Å². The smallest absolute Gasteiger partial charge is 0.211 e.